The lowest BCUT2D eigenvalue weighted by atomic mass is 10.3. The maximum absolute atomic E-state index is 11.2. The number of rotatable bonds is 4. The molecule has 1 unspecified atom stereocenters. The Balaban J connectivity index is 4.38. The zero-order valence-electron chi connectivity index (χ0n) is 9.60. The molecule has 0 saturated heterocycles. The summed E-state index contributed by atoms with van der Waals surface area (Å²) in [5, 5.41) is 0. The molecule has 0 radical (unpaired) electrons. The van der Waals surface area contributed by atoms with E-state index < -0.39 is 24.0 Å². The fourth-order valence-electron chi connectivity index (χ4n) is 0.819. The second-order valence-electron chi connectivity index (χ2n) is 2.92. The molecule has 0 aromatic carbocycles. The van der Waals surface area contributed by atoms with E-state index in [2.05, 4.69) is 14.2 Å². The number of carbonyl (C=O) groups is 3. The molecule has 0 aliphatic heterocycles. The van der Waals surface area contributed by atoms with E-state index in [-0.39, 0.29) is 5.57 Å². The minimum atomic E-state index is -1.01. The molecule has 0 amide bonds. The highest BCUT2D eigenvalue weighted by molar-refractivity contribution is 5.96. The first-order valence-electron chi connectivity index (χ1n) is 4.47. The van der Waals surface area contributed by atoms with Crippen LogP contribution >= 0.6 is 0 Å². The quantitative estimate of drug-likeness (QED) is 0.390. The van der Waals surface area contributed by atoms with Gasteiger partial charge in [-0.2, -0.15) is 0 Å². The molecule has 0 heterocycles. The highest BCUT2D eigenvalue weighted by Crippen LogP contribution is 2.00. The summed E-state index contributed by atoms with van der Waals surface area (Å²) < 4.78 is 13.4. The van der Waals surface area contributed by atoms with Crippen molar-refractivity contribution < 1.29 is 28.6 Å². The fourth-order valence-corrected chi connectivity index (χ4v) is 0.819. The van der Waals surface area contributed by atoms with Crippen LogP contribution in [0.4, 0.5) is 0 Å². The zero-order chi connectivity index (χ0) is 12.7. The maximum atomic E-state index is 11.2. The largest absolute Gasteiger partial charge is 0.466 e. The van der Waals surface area contributed by atoms with Crippen molar-refractivity contribution in [2.24, 2.45) is 0 Å². The Labute approximate surface area is 93.2 Å². The van der Waals surface area contributed by atoms with Crippen LogP contribution in [-0.2, 0) is 28.6 Å². The van der Waals surface area contributed by atoms with E-state index in [9.17, 15) is 14.4 Å². The lowest BCUT2D eigenvalue weighted by Gasteiger charge is -2.09. The van der Waals surface area contributed by atoms with Gasteiger partial charge in [-0.15, -0.1) is 0 Å². The fraction of sp³-hybridized carbons (Fsp3) is 0.500. The molecule has 0 bridgehead atoms. The van der Waals surface area contributed by atoms with Crippen molar-refractivity contribution in [3.8, 4) is 0 Å². The molecule has 1 atom stereocenters. The van der Waals surface area contributed by atoms with Crippen molar-refractivity contribution in [1.29, 1.82) is 0 Å². The van der Waals surface area contributed by atoms with E-state index in [0.29, 0.717) is 0 Å². The summed E-state index contributed by atoms with van der Waals surface area (Å²) in [4.78, 5) is 33.0. The average molecular weight is 230 g/mol. The number of hydrogen-bond donors (Lipinski definition) is 0. The van der Waals surface area contributed by atoms with Crippen LogP contribution in [0.3, 0.4) is 0 Å². The number of carbonyl (C=O) groups excluding carboxylic acids is 3. The summed E-state index contributed by atoms with van der Waals surface area (Å²) in [6, 6.07) is 0. The molecule has 0 aliphatic rings. The highest BCUT2D eigenvalue weighted by atomic mass is 16.6. The zero-order valence-corrected chi connectivity index (χ0v) is 9.60. The van der Waals surface area contributed by atoms with Gasteiger partial charge in [0.2, 0.25) is 0 Å². The molecular formula is C10H14O6. The van der Waals surface area contributed by atoms with E-state index in [1.165, 1.54) is 28.1 Å². The van der Waals surface area contributed by atoms with Gasteiger partial charge in [-0.05, 0) is 13.8 Å². The normalized spacial score (nSPS) is 12.6. The minimum absolute atomic E-state index is 0.0876. The van der Waals surface area contributed by atoms with E-state index in [1.807, 2.05) is 0 Å². The van der Waals surface area contributed by atoms with E-state index in [1.54, 1.807) is 0 Å². The van der Waals surface area contributed by atoms with Crippen molar-refractivity contribution in [3.63, 3.8) is 0 Å². The van der Waals surface area contributed by atoms with Crippen LogP contribution in [0.5, 0.6) is 0 Å². The third kappa shape index (κ3) is 4.59. The van der Waals surface area contributed by atoms with Gasteiger partial charge in [0.15, 0.2) is 6.10 Å². The third-order valence-electron chi connectivity index (χ3n) is 1.67. The van der Waals surface area contributed by atoms with Crippen LogP contribution in [0.15, 0.2) is 11.6 Å². The average Bonchev–Trinajstić information content (AvgIpc) is 2.26. The van der Waals surface area contributed by atoms with E-state index in [4.69, 9.17) is 0 Å². The molecule has 90 valence electrons. The van der Waals surface area contributed by atoms with Gasteiger partial charge in [0.05, 0.1) is 14.2 Å². The van der Waals surface area contributed by atoms with Gasteiger partial charge >= 0.3 is 17.9 Å². The maximum Gasteiger partial charge on any atom is 0.346 e. The molecular weight excluding hydrogens is 216 g/mol. The Hall–Kier alpha value is -1.85. The Morgan fingerprint density at radius 3 is 2.12 bits per heavy atom. The summed E-state index contributed by atoms with van der Waals surface area (Å²) in [6.45, 7) is 2.76. The number of esters is 3. The molecule has 6 heteroatoms. The van der Waals surface area contributed by atoms with Crippen LogP contribution in [0.1, 0.15) is 13.8 Å². The summed E-state index contributed by atoms with van der Waals surface area (Å²) in [7, 11) is 2.38. The van der Waals surface area contributed by atoms with Crippen molar-refractivity contribution >= 4 is 17.9 Å². The Bertz CT molecular complexity index is 317. The lowest BCUT2D eigenvalue weighted by Crippen LogP contribution is -2.24. The first-order valence-corrected chi connectivity index (χ1v) is 4.47. The number of ether oxygens (including phenoxy) is 3. The minimum Gasteiger partial charge on any atom is -0.466 e. The predicted octanol–water partition coefficient (Wildman–Crippen LogP) is 0.210. The summed E-state index contributed by atoms with van der Waals surface area (Å²) >= 11 is 0. The summed E-state index contributed by atoms with van der Waals surface area (Å²) in [6.07, 6.45) is -0.0650. The SMILES string of the molecule is COC(=O)/C(C)=C\C(=O)OC(C)C(=O)OC. The van der Waals surface area contributed by atoms with Crippen LogP contribution in [-0.4, -0.2) is 38.2 Å². The second kappa shape index (κ2) is 6.60. The monoisotopic (exact) mass is 230 g/mol. The second-order valence-corrected chi connectivity index (χ2v) is 2.92. The van der Waals surface area contributed by atoms with E-state index >= 15 is 0 Å². The molecule has 0 aliphatic carbocycles. The van der Waals surface area contributed by atoms with Crippen LogP contribution in [0, 0.1) is 0 Å². The summed E-state index contributed by atoms with van der Waals surface area (Å²) in [5.41, 5.74) is 0.0876. The van der Waals surface area contributed by atoms with Crippen molar-refractivity contribution in [1.82, 2.24) is 0 Å². The van der Waals surface area contributed by atoms with Gasteiger partial charge in [-0.1, -0.05) is 0 Å². The summed E-state index contributed by atoms with van der Waals surface area (Å²) in [5.74, 6) is -2.11. The molecule has 0 spiro atoms. The van der Waals surface area contributed by atoms with Crippen LogP contribution in [0.2, 0.25) is 0 Å². The van der Waals surface area contributed by atoms with Gasteiger partial charge in [0, 0.05) is 11.6 Å². The first-order chi connectivity index (χ1) is 7.42. The third-order valence-corrected chi connectivity index (χ3v) is 1.67. The van der Waals surface area contributed by atoms with Crippen LogP contribution < -0.4 is 0 Å². The first kappa shape index (κ1) is 14.2. The van der Waals surface area contributed by atoms with Crippen molar-refractivity contribution in [3.05, 3.63) is 11.6 Å². The predicted molar refractivity (Wildman–Crippen MR) is 53.3 cm³/mol. The number of methoxy groups -OCH3 is 2. The molecule has 16 heavy (non-hydrogen) atoms. The molecule has 0 saturated carbocycles. The molecule has 0 aromatic rings. The molecule has 6 nitrogen and oxygen atoms in total. The van der Waals surface area contributed by atoms with Crippen LogP contribution in [0.25, 0.3) is 0 Å². The highest BCUT2D eigenvalue weighted by Gasteiger charge is 2.17. The van der Waals surface area contributed by atoms with Gasteiger partial charge in [-0.3, -0.25) is 0 Å². The van der Waals surface area contributed by atoms with Crippen molar-refractivity contribution in [2.45, 2.75) is 20.0 Å². The van der Waals surface area contributed by atoms with Gasteiger partial charge in [0.25, 0.3) is 0 Å². The molecule has 0 N–H and O–H groups in total. The Morgan fingerprint density at radius 1 is 1.12 bits per heavy atom. The Morgan fingerprint density at radius 2 is 1.69 bits per heavy atom. The van der Waals surface area contributed by atoms with Gasteiger partial charge < -0.3 is 14.2 Å². The number of hydrogen-bond acceptors (Lipinski definition) is 6. The molecule has 0 aromatic heterocycles. The topological polar surface area (TPSA) is 78.9 Å². The van der Waals surface area contributed by atoms with E-state index in [0.717, 1.165) is 6.08 Å². The van der Waals surface area contributed by atoms with Crippen molar-refractivity contribution in [2.75, 3.05) is 14.2 Å². The molecule has 0 rings (SSSR count). The molecule has 0 fully saturated rings. The van der Waals surface area contributed by atoms with Gasteiger partial charge in [0.1, 0.15) is 0 Å². The Kier molecular flexibility index (Phi) is 5.84. The standard InChI is InChI=1S/C10H14O6/c1-6(9(12)14-3)5-8(11)16-7(2)10(13)15-4/h5,7H,1-4H3/b6-5-. The van der Waals surface area contributed by atoms with Gasteiger partial charge in [-0.25, -0.2) is 14.4 Å². The smallest absolute Gasteiger partial charge is 0.346 e. The lowest BCUT2D eigenvalue weighted by molar-refractivity contribution is -0.161.